The average Bonchev–Trinajstić information content (AvgIpc) is 2.79. The zero-order valence-corrected chi connectivity index (χ0v) is 9.40. The van der Waals surface area contributed by atoms with Crippen LogP contribution >= 0.6 is 0 Å². The van der Waals surface area contributed by atoms with E-state index in [1.807, 2.05) is 13.8 Å². The number of fused-ring (bicyclic) bond motifs is 1. The number of ether oxygens (including phenoxy) is 3. The third-order valence-corrected chi connectivity index (χ3v) is 3.27. The fourth-order valence-corrected chi connectivity index (χ4v) is 2.60. The van der Waals surface area contributed by atoms with Crippen molar-refractivity contribution in [2.24, 2.45) is 0 Å². The van der Waals surface area contributed by atoms with Gasteiger partial charge in [0.05, 0.1) is 27.2 Å². The van der Waals surface area contributed by atoms with Crippen molar-refractivity contribution in [3.05, 3.63) is 0 Å². The topological polar surface area (TPSA) is 51.2 Å². The number of hydrogen-bond acceptors (Lipinski definition) is 4. The Bertz CT molecular complexity index is 260. The van der Waals surface area contributed by atoms with Gasteiger partial charge in [-0.25, -0.2) is 0 Å². The van der Waals surface area contributed by atoms with Gasteiger partial charge in [-0.15, -0.1) is 0 Å². The van der Waals surface area contributed by atoms with E-state index >= 15 is 0 Å². The minimum Gasteiger partial charge on any atom is -0.382 e. The van der Waals surface area contributed by atoms with Gasteiger partial charge in [0.25, 0.3) is 0 Å². The summed E-state index contributed by atoms with van der Waals surface area (Å²) >= 11 is 0. The number of aliphatic hydroxyl groups is 1. The van der Waals surface area contributed by atoms with E-state index in [2.05, 4.69) is 0 Å². The Labute approximate surface area is 91.3 Å². The van der Waals surface area contributed by atoms with E-state index in [-0.39, 0.29) is 31.2 Å². The Morgan fingerprint density at radius 3 is 2.87 bits per heavy atom. The first-order chi connectivity index (χ1) is 6.94. The van der Waals surface area contributed by atoms with E-state index in [9.17, 15) is 5.11 Å². The van der Waals surface area contributed by atoms with Crippen molar-refractivity contribution in [3.8, 4) is 0 Å². The van der Waals surface area contributed by atoms with Gasteiger partial charge in [0.15, 0.2) is 0 Å². The van der Waals surface area contributed by atoms with Crippen LogP contribution in [0.25, 0.3) is 0 Å². The smallest absolute Gasteiger partial charge is 0.140 e. The second-order valence-corrected chi connectivity index (χ2v) is 4.81. The monoisotopic (exact) mass is 212 g/mol. The van der Waals surface area contributed by atoms with Crippen molar-refractivity contribution >= 4 is 7.85 Å². The molecule has 4 nitrogen and oxygen atoms in total. The number of rotatable bonds is 3. The first-order valence-corrected chi connectivity index (χ1v) is 5.20. The van der Waals surface area contributed by atoms with Crippen molar-refractivity contribution in [3.63, 3.8) is 0 Å². The quantitative estimate of drug-likeness (QED) is 0.524. The SMILES string of the molecule is [B][C@H](C)C1OC[C@](O)(COC)C2OC12C. The lowest BCUT2D eigenvalue weighted by Crippen LogP contribution is -2.56. The molecule has 0 aromatic rings. The number of epoxide rings is 1. The molecule has 2 rings (SSSR count). The second kappa shape index (κ2) is 3.45. The molecule has 2 heterocycles. The molecular weight excluding hydrogens is 195 g/mol. The highest BCUT2D eigenvalue weighted by atomic mass is 16.7. The van der Waals surface area contributed by atoms with Gasteiger partial charge in [0.1, 0.15) is 17.3 Å². The molecule has 5 atom stereocenters. The molecule has 1 N–H and O–H groups in total. The first kappa shape index (κ1) is 11.4. The molecule has 0 bridgehead atoms. The average molecular weight is 212 g/mol. The molecule has 0 saturated carbocycles. The Morgan fingerprint density at radius 1 is 1.67 bits per heavy atom. The maximum Gasteiger partial charge on any atom is 0.140 e. The molecule has 2 aliphatic rings. The number of methoxy groups -OCH3 is 1. The minimum absolute atomic E-state index is 0.105. The summed E-state index contributed by atoms with van der Waals surface area (Å²) in [5.41, 5.74) is -1.49. The highest BCUT2D eigenvalue weighted by molar-refractivity contribution is 6.11. The normalized spacial score (nSPS) is 50.9. The van der Waals surface area contributed by atoms with Crippen molar-refractivity contribution in [2.75, 3.05) is 20.3 Å². The second-order valence-electron chi connectivity index (χ2n) is 4.81. The molecule has 0 aliphatic carbocycles. The van der Waals surface area contributed by atoms with Crippen molar-refractivity contribution in [1.82, 2.24) is 0 Å². The zero-order chi connectivity index (χ0) is 11.3. The molecule has 15 heavy (non-hydrogen) atoms. The first-order valence-electron chi connectivity index (χ1n) is 5.20. The van der Waals surface area contributed by atoms with E-state index in [4.69, 9.17) is 22.1 Å². The predicted molar refractivity (Wildman–Crippen MR) is 55.0 cm³/mol. The van der Waals surface area contributed by atoms with Gasteiger partial charge in [-0.05, 0) is 6.92 Å². The van der Waals surface area contributed by atoms with Crippen molar-refractivity contribution in [1.29, 1.82) is 0 Å². The lowest BCUT2D eigenvalue weighted by molar-refractivity contribution is -0.138. The van der Waals surface area contributed by atoms with Crippen LogP contribution in [0, 0.1) is 0 Å². The molecule has 5 heteroatoms. The summed E-state index contributed by atoms with van der Waals surface area (Å²) in [5, 5.41) is 10.2. The lowest BCUT2D eigenvalue weighted by atomic mass is 9.74. The summed E-state index contributed by atoms with van der Waals surface area (Å²) in [6.07, 6.45) is -0.380. The van der Waals surface area contributed by atoms with Crippen LogP contribution in [0.3, 0.4) is 0 Å². The predicted octanol–water partition coefficient (Wildman–Crippen LogP) is -0.103. The van der Waals surface area contributed by atoms with Gasteiger partial charge in [-0.2, -0.15) is 0 Å². The third kappa shape index (κ3) is 1.62. The van der Waals surface area contributed by atoms with E-state index in [0.29, 0.717) is 0 Å². The Hall–Kier alpha value is -0.0951. The largest absolute Gasteiger partial charge is 0.382 e. The minimum atomic E-state index is -1.03. The molecule has 84 valence electrons. The summed E-state index contributed by atoms with van der Waals surface area (Å²) in [5.74, 6) is -0.105. The van der Waals surface area contributed by atoms with Crippen LogP contribution in [0.5, 0.6) is 0 Å². The highest BCUT2D eigenvalue weighted by Crippen LogP contribution is 2.52. The fourth-order valence-electron chi connectivity index (χ4n) is 2.60. The van der Waals surface area contributed by atoms with Crippen molar-refractivity contribution in [2.45, 2.75) is 43.1 Å². The van der Waals surface area contributed by atoms with E-state index < -0.39 is 11.2 Å². The molecular formula is C10H17BO4. The lowest BCUT2D eigenvalue weighted by Gasteiger charge is -2.37. The highest BCUT2D eigenvalue weighted by Gasteiger charge is 2.70. The molecule has 3 unspecified atom stereocenters. The summed E-state index contributed by atoms with van der Waals surface area (Å²) in [6.45, 7) is 4.24. The summed E-state index contributed by atoms with van der Waals surface area (Å²) in [7, 11) is 7.37. The van der Waals surface area contributed by atoms with Gasteiger partial charge in [0.2, 0.25) is 0 Å². The number of hydrogen-bond donors (Lipinski definition) is 1. The zero-order valence-electron chi connectivity index (χ0n) is 9.40. The molecule has 2 saturated heterocycles. The molecule has 0 amide bonds. The van der Waals surface area contributed by atoms with Crippen LogP contribution in [0.1, 0.15) is 13.8 Å². The summed E-state index contributed by atoms with van der Waals surface area (Å²) in [6, 6.07) is 0. The van der Waals surface area contributed by atoms with Crippen LogP contribution in [-0.4, -0.2) is 56.7 Å². The Balaban J connectivity index is 2.11. The molecule has 0 aromatic carbocycles. The molecule has 2 aliphatic heterocycles. The van der Waals surface area contributed by atoms with Crippen LogP contribution in [-0.2, 0) is 14.2 Å². The molecule has 0 aromatic heterocycles. The van der Waals surface area contributed by atoms with Crippen LogP contribution < -0.4 is 0 Å². The standard InChI is InChI=1S/C10H17BO4/c1-6(11)7-9(2)8(15-9)10(12,4-13-3)5-14-7/h6-8,12H,4-5H2,1-3H3/t6-,7?,8?,9?,10-/m1/s1. The Kier molecular flexibility index (Phi) is 2.62. The van der Waals surface area contributed by atoms with Gasteiger partial charge in [-0.3, -0.25) is 0 Å². The van der Waals surface area contributed by atoms with Gasteiger partial charge < -0.3 is 19.3 Å². The third-order valence-electron chi connectivity index (χ3n) is 3.27. The van der Waals surface area contributed by atoms with E-state index in [1.165, 1.54) is 0 Å². The summed E-state index contributed by atoms with van der Waals surface area (Å²) in [4.78, 5) is 0. The van der Waals surface area contributed by atoms with Crippen LogP contribution in [0.4, 0.5) is 0 Å². The Morgan fingerprint density at radius 2 is 2.33 bits per heavy atom. The van der Waals surface area contributed by atoms with Crippen molar-refractivity contribution < 1.29 is 19.3 Å². The van der Waals surface area contributed by atoms with E-state index in [1.54, 1.807) is 7.11 Å². The van der Waals surface area contributed by atoms with Gasteiger partial charge >= 0.3 is 0 Å². The van der Waals surface area contributed by atoms with Crippen LogP contribution in [0.2, 0.25) is 5.82 Å². The molecule has 2 radical (unpaired) electrons. The molecule has 0 spiro atoms. The van der Waals surface area contributed by atoms with Crippen LogP contribution in [0.15, 0.2) is 0 Å². The van der Waals surface area contributed by atoms with Gasteiger partial charge in [0, 0.05) is 7.11 Å². The molecule has 2 fully saturated rings. The van der Waals surface area contributed by atoms with E-state index in [0.717, 1.165) is 0 Å². The fraction of sp³-hybridized carbons (Fsp3) is 1.00. The maximum atomic E-state index is 10.2. The maximum absolute atomic E-state index is 10.2. The summed E-state index contributed by atoms with van der Waals surface area (Å²) < 4.78 is 16.1. The van der Waals surface area contributed by atoms with Gasteiger partial charge in [-0.1, -0.05) is 12.7 Å².